The van der Waals surface area contributed by atoms with Crippen LogP contribution in [-0.2, 0) is 9.84 Å². The van der Waals surface area contributed by atoms with E-state index in [0.717, 1.165) is 11.6 Å². The average molecular weight is 418 g/mol. The second-order valence-electron chi connectivity index (χ2n) is 6.54. The van der Waals surface area contributed by atoms with E-state index < -0.39 is 20.9 Å². The lowest BCUT2D eigenvalue weighted by Gasteiger charge is -2.18. The van der Waals surface area contributed by atoms with Crippen molar-refractivity contribution in [2.75, 3.05) is 6.54 Å². The topological polar surface area (TPSA) is 63.2 Å². The Morgan fingerprint density at radius 1 is 1.11 bits per heavy atom. The minimum atomic E-state index is -3.82. The number of hydrogen-bond donors (Lipinski definition) is 1. The van der Waals surface area contributed by atoms with Crippen LogP contribution in [0.3, 0.4) is 0 Å². The Morgan fingerprint density at radius 2 is 1.89 bits per heavy atom. The zero-order valence-electron chi connectivity index (χ0n) is 15.5. The normalized spacial score (nSPS) is 12.5. The van der Waals surface area contributed by atoms with Crippen LogP contribution in [0.2, 0.25) is 0 Å². The lowest BCUT2D eigenvalue weighted by atomic mass is 10.1. The van der Waals surface area contributed by atoms with E-state index in [2.05, 4.69) is 5.32 Å². The molecule has 1 amide bonds. The first-order valence-corrected chi connectivity index (χ1v) is 11.1. The summed E-state index contributed by atoms with van der Waals surface area (Å²) >= 11 is 1.31. The molecule has 0 spiro atoms. The Labute approximate surface area is 168 Å². The first kappa shape index (κ1) is 20.2. The Morgan fingerprint density at radius 3 is 2.54 bits per heavy atom. The molecule has 1 heterocycles. The summed E-state index contributed by atoms with van der Waals surface area (Å²) in [6, 6.07) is 14.3. The fourth-order valence-electron chi connectivity index (χ4n) is 2.87. The number of nitrogens with one attached hydrogen (secondary N) is 1. The van der Waals surface area contributed by atoms with E-state index in [9.17, 15) is 17.6 Å². The first-order chi connectivity index (χ1) is 13.3. The molecule has 0 aliphatic heterocycles. The van der Waals surface area contributed by atoms with Gasteiger partial charge in [0.05, 0.1) is 4.90 Å². The molecule has 0 saturated heterocycles. The molecule has 4 nitrogen and oxygen atoms in total. The molecule has 0 saturated carbocycles. The number of carbonyl (C=O) groups is 1. The quantitative estimate of drug-likeness (QED) is 0.603. The van der Waals surface area contributed by atoms with Crippen molar-refractivity contribution in [3.05, 3.63) is 87.4 Å². The lowest BCUT2D eigenvalue weighted by Crippen LogP contribution is -2.31. The summed E-state index contributed by atoms with van der Waals surface area (Å²) in [7, 11) is -3.82. The van der Waals surface area contributed by atoms with E-state index in [1.54, 1.807) is 35.7 Å². The molecule has 0 bridgehead atoms. The fraction of sp³-hybridized carbons (Fsp3) is 0.190. The second-order valence-corrected chi connectivity index (χ2v) is 9.65. The summed E-state index contributed by atoms with van der Waals surface area (Å²) in [4.78, 5) is 13.1. The van der Waals surface area contributed by atoms with Gasteiger partial charge in [-0.25, -0.2) is 12.8 Å². The molecule has 1 aromatic heterocycles. The minimum absolute atomic E-state index is 0.0367. The molecular formula is C21H20FNO3S2. The molecule has 0 unspecified atom stereocenters. The van der Waals surface area contributed by atoms with Gasteiger partial charge < -0.3 is 5.32 Å². The van der Waals surface area contributed by atoms with Gasteiger partial charge in [-0.1, -0.05) is 23.8 Å². The summed E-state index contributed by atoms with van der Waals surface area (Å²) in [5.41, 5.74) is 1.67. The Bertz CT molecular complexity index is 1090. The van der Waals surface area contributed by atoms with E-state index in [-0.39, 0.29) is 22.9 Å². The number of carbonyl (C=O) groups excluding carboxylic acids is 1. The summed E-state index contributed by atoms with van der Waals surface area (Å²) < 4.78 is 40.0. The zero-order valence-corrected chi connectivity index (χ0v) is 17.1. The van der Waals surface area contributed by atoms with Crippen molar-refractivity contribution >= 4 is 27.1 Å². The molecule has 7 heteroatoms. The van der Waals surface area contributed by atoms with E-state index in [1.807, 2.05) is 13.0 Å². The van der Waals surface area contributed by atoms with Gasteiger partial charge in [-0.3, -0.25) is 4.79 Å². The van der Waals surface area contributed by atoms with Crippen LogP contribution in [0.1, 0.15) is 31.6 Å². The Balaban J connectivity index is 1.89. The number of thiophene rings is 1. The van der Waals surface area contributed by atoms with Crippen LogP contribution in [0, 0.1) is 19.7 Å². The van der Waals surface area contributed by atoms with E-state index >= 15 is 0 Å². The monoisotopic (exact) mass is 417 g/mol. The molecule has 0 aliphatic rings. The maximum atomic E-state index is 13.6. The third kappa shape index (κ3) is 4.31. The average Bonchev–Trinajstić information content (AvgIpc) is 3.18. The predicted molar refractivity (Wildman–Crippen MR) is 109 cm³/mol. The van der Waals surface area contributed by atoms with E-state index in [0.29, 0.717) is 10.4 Å². The molecule has 28 heavy (non-hydrogen) atoms. The first-order valence-electron chi connectivity index (χ1n) is 8.67. The fourth-order valence-corrected chi connectivity index (χ4v) is 5.74. The largest absolute Gasteiger partial charge is 0.350 e. The number of rotatable bonds is 6. The van der Waals surface area contributed by atoms with Crippen LogP contribution in [0.15, 0.2) is 64.9 Å². The van der Waals surface area contributed by atoms with Crippen molar-refractivity contribution < 1.29 is 17.6 Å². The highest BCUT2D eigenvalue weighted by Crippen LogP contribution is 2.32. The van der Waals surface area contributed by atoms with Crippen molar-refractivity contribution in [3.8, 4) is 0 Å². The van der Waals surface area contributed by atoms with Crippen LogP contribution in [0.25, 0.3) is 0 Å². The van der Waals surface area contributed by atoms with Gasteiger partial charge in [-0.15, -0.1) is 11.3 Å². The van der Waals surface area contributed by atoms with Gasteiger partial charge in [0, 0.05) is 17.0 Å². The van der Waals surface area contributed by atoms with Crippen molar-refractivity contribution in [2.24, 2.45) is 0 Å². The number of halogens is 1. The van der Waals surface area contributed by atoms with Crippen molar-refractivity contribution in [2.45, 2.75) is 24.0 Å². The number of sulfone groups is 1. The molecule has 0 aliphatic carbocycles. The standard InChI is InChI=1S/C21H20FNO3S2/c1-14-5-3-6-16(11-14)21(24)23-13-20(19-7-4-10-27-19)28(25,26)17-8-9-18(22)15(2)12-17/h3-12,20H,13H2,1-2H3,(H,23,24)/t20-/m0/s1. The molecule has 0 radical (unpaired) electrons. The number of aryl methyl sites for hydroxylation is 2. The Kier molecular flexibility index (Phi) is 5.96. The van der Waals surface area contributed by atoms with Crippen LogP contribution >= 0.6 is 11.3 Å². The maximum Gasteiger partial charge on any atom is 0.251 e. The molecule has 3 aromatic rings. The van der Waals surface area contributed by atoms with Crippen molar-refractivity contribution in [1.82, 2.24) is 5.32 Å². The highest BCUT2D eigenvalue weighted by Gasteiger charge is 2.31. The van der Waals surface area contributed by atoms with Crippen LogP contribution < -0.4 is 5.32 Å². The molecule has 2 aromatic carbocycles. The molecule has 3 rings (SSSR count). The lowest BCUT2D eigenvalue weighted by molar-refractivity contribution is 0.0953. The predicted octanol–water partition coefficient (Wildman–Crippen LogP) is 4.45. The number of hydrogen-bond acceptors (Lipinski definition) is 4. The minimum Gasteiger partial charge on any atom is -0.350 e. The van der Waals surface area contributed by atoms with E-state index in [4.69, 9.17) is 0 Å². The van der Waals surface area contributed by atoms with Gasteiger partial charge in [-0.05, 0) is 61.2 Å². The number of benzene rings is 2. The van der Waals surface area contributed by atoms with Crippen LogP contribution in [0.5, 0.6) is 0 Å². The van der Waals surface area contributed by atoms with Crippen molar-refractivity contribution in [1.29, 1.82) is 0 Å². The number of amides is 1. The SMILES string of the molecule is Cc1cccc(C(=O)NC[C@@H](c2cccs2)S(=O)(=O)c2ccc(F)c(C)c2)c1. The van der Waals surface area contributed by atoms with Gasteiger partial charge in [0.25, 0.3) is 5.91 Å². The third-order valence-corrected chi connectivity index (χ3v) is 7.64. The molecule has 146 valence electrons. The summed E-state index contributed by atoms with van der Waals surface area (Å²) in [6.45, 7) is 3.33. The molecule has 1 N–H and O–H groups in total. The highest BCUT2D eigenvalue weighted by molar-refractivity contribution is 7.91. The second kappa shape index (κ2) is 8.24. The molecule has 0 fully saturated rings. The highest BCUT2D eigenvalue weighted by atomic mass is 32.2. The zero-order chi connectivity index (χ0) is 20.3. The summed E-state index contributed by atoms with van der Waals surface area (Å²) in [5, 5.41) is 3.57. The maximum absolute atomic E-state index is 13.6. The Hall–Kier alpha value is -2.51. The van der Waals surface area contributed by atoms with Crippen LogP contribution in [-0.4, -0.2) is 20.9 Å². The van der Waals surface area contributed by atoms with Gasteiger partial charge in [-0.2, -0.15) is 0 Å². The van der Waals surface area contributed by atoms with Gasteiger partial charge in [0.15, 0.2) is 9.84 Å². The van der Waals surface area contributed by atoms with Crippen molar-refractivity contribution in [3.63, 3.8) is 0 Å². The van der Waals surface area contributed by atoms with Gasteiger partial charge in [0.2, 0.25) is 0 Å². The molecule has 1 atom stereocenters. The van der Waals surface area contributed by atoms with Gasteiger partial charge in [0.1, 0.15) is 11.1 Å². The summed E-state index contributed by atoms with van der Waals surface area (Å²) in [6.07, 6.45) is 0. The third-order valence-electron chi connectivity index (χ3n) is 4.42. The molecular weight excluding hydrogens is 397 g/mol. The summed E-state index contributed by atoms with van der Waals surface area (Å²) in [5.74, 6) is -0.796. The van der Waals surface area contributed by atoms with Crippen LogP contribution in [0.4, 0.5) is 4.39 Å². The van der Waals surface area contributed by atoms with Gasteiger partial charge >= 0.3 is 0 Å². The smallest absolute Gasteiger partial charge is 0.251 e. The van der Waals surface area contributed by atoms with E-state index in [1.165, 1.54) is 30.4 Å².